The Hall–Kier alpha value is -0.490. The summed E-state index contributed by atoms with van der Waals surface area (Å²) in [6.07, 6.45) is 5.71. The molecule has 1 aromatic rings. The summed E-state index contributed by atoms with van der Waals surface area (Å²) >= 11 is 9.18. The average molecular weight is 274 g/mol. The lowest BCUT2D eigenvalue weighted by Gasteiger charge is -2.09. The first-order valence-corrected chi connectivity index (χ1v) is 5.38. The quantitative estimate of drug-likeness (QED) is 0.835. The van der Waals surface area contributed by atoms with Gasteiger partial charge in [-0.25, -0.2) is 0 Å². The molecule has 0 saturated carbocycles. The minimum Gasteiger partial charge on any atom is -0.388 e. The molecule has 1 unspecified atom stereocenters. The Morgan fingerprint density at radius 3 is 2.86 bits per heavy atom. The largest absolute Gasteiger partial charge is 0.388 e. The molecule has 0 aromatic heterocycles. The van der Waals surface area contributed by atoms with Crippen molar-refractivity contribution in [2.75, 3.05) is 0 Å². The smallest absolute Gasteiger partial charge is 0.0799 e. The van der Waals surface area contributed by atoms with Crippen LogP contribution in [0.2, 0.25) is 5.02 Å². The van der Waals surface area contributed by atoms with E-state index in [2.05, 4.69) is 21.9 Å². The fourth-order valence-corrected chi connectivity index (χ4v) is 1.54. The zero-order valence-corrected chi connectivity index (χ0v) is 9.85. The number of rotatable bonds is 3. The molecule has 0 radical (unpaired) electrons. The minimum atomic E-state index is -0.531. The highest BCUT2D eigenvalue weighted by Crippen LogP contribution is 2.27. The van der Waals surface area contributed by atoms with Gasteiger partial charge in [-0.3, -0.25) is 0 Å². The molecule has 0 spiro atoms. The van der Waals surface area contributed by atoms with Gasteiger partial charge in [0.05, 0.1) is 11.1 Å². The topological polar surface area (TPSA) is 20.2 Å². The Bertz CT molecular complexity index is 357. The Labute approximate surface area is 97.2 Å². The SMILES string of the molecule is C#CCCC(O)c1ccc(Br)c(Cl)c1. The third kappa shape index (κ3) is 3.02. The Kier molecular flexibility index (Phi) is 4.47. The zero-order valence-electron chi connectivity index (χ0n) is 7.50. The lowest BCUT2D eigenvalue weighted by molar-refractivity contribution is 0.169. The van der Waals surface area contributed by atoms with E-state index < -0.39 is 6.10 Å². The second kappa shape index (κ2) is 5.41. The van der Waals surface area contributed by atoms with E-state index in [1.54, 1.807) is 6.07 Å². The van der Waals surface area contributed by atoms with Gasteiger partial charge < -0.3 is 5.11 Å². The molecule has 0 aliphatic heterocycles. The summed E-state index contributed by atoms with van der Waals surface area (Å²) in [5.74, 6) is 2.49. The molecule has 1 nitrogen and oxygen atoms in total. The molecule has 0 bridgehead atoms. The van der Waals surface area contributed by atoms with Gasteiger partial charge in [0, 0.05) is 10.9 Å². The predicted molar refractivity (Wildman–Crippen MR) is 62.2 cm³/mol. The van der Waals surface area contributed by atoms with Crippen molar-refractivity contribution < 1.29 is 5.11 Å². The number of benzene rings is 1. The van der Waals surface area contributed by atoms with E-state index >= 15 is 0 Å². The van der Waals surface area contributed by atoms with Gasteiger partial charge in [0.1, 0.15) is 0 Å². The number of hydrogen-bond donors (Lipinski definition) is 1. The van der Waals surface area contributed by atoms with Crippen molar-refractivity contribution in [2.24, 2.45) is 0 Å². The summed E-state index contributed by atoms with van der Waals surface area (Å²) in [4.78, 5) is 0. The lowest BCUT2D eigenvalue weighted by Crippen LogP contribution is -1.96. The average Bonchev–Trinajstić information content (AvgIpc) is 2.18. The third-order valence-corrected chi connectivity index (χ3v) is 3.12. The normalized spacial score (nSPS) is 12.1. The second-order valence-corrected chi connectivity index (χ2v) is 4.19. The van der Waals surface area contributed by atoms with Crippen molar-refractivity contribution in [3.05, 3.63) is 33.3 Å². The zero-order chi connectivity index (χ0) is 10.6. The molecular weight excluding hydrogens is 263 g/mol. The van der Waals surface area contributed by atoms with Crippen molar-refractivity contribution in [2.45, 2.75) is 18.9 Å². The van der Waals surface area contributed by atoms with Gasteiger partial charge in [0.25, 0.3) is 0 Å². The van der Waals surface area contributed by atoms with Crippen LogP contribution in [0.1, 0.15) is 24.5 Å². The van der Waals surface area contributed by atoms with Crippen LogP contribution in [0.5, 0.6) is 0 Å². The molecular formula is C11H10BrClO. The predicted octanol–water partition coefficient (Wildman–Crippen LogP) is 3.55. The third-order valence-electron chi connectivity index (χ3n) is 1.89. The number of hydrogen-bond acceptors (Lipinski definition) is 1. The molecule has 0 saturated heterocycles. The summed E-state index contributed by atoms with van der Waals surface area (Å²) in [6, 6.07) is 5.39. The molecule has 3 heteroatoms. The van der Waals surface area contributed by atoms with Crippen LogP contribution in [0.25, 0.3) is 0 Å². The molecule has 0 aliphatic rings. The molecule has 74 valence electrons. The van der Waals surface area contributed by atoms with E-state index in [9.17, 15) is 5.11 Å². The highest BCUT2D eigenvalue weighted by Gasteiger charge is 2.08. The Balaban J connectivity index is 2.76. The lowest BCUT2D eigenvalue weighted by atomic mass is 10.1. The summed E-state index contributed by atoms with van der Waals surface area (Å²) in [7, 11) is 0. The van der Waals surface area contributed by atoms with Crippen molar-refractivity contribution in [1.82, 2.24) is 0 Å². The van der Waals surface area contributed by atoms with Crippen molar-refractivity contribution in [1.29, 1.82) is 0 Å². The maximum absolute atomic E-state index is 9.70. The summed E-state index contributed by atoms with van der Waals surface area (Å²) in [5.41, 5.74) is 0.799. The number of halogens is 2. The fraction of sp³-hybridized carbons (Fsp3) is 0.273. The first-order chi connectivity index (χ1) is 6.65. The Morgan fingerprint density at radius 1 is 1.57 bits per heavy atom. The van der Waals surface area contributed by atoms with E-state index in [1.165, 1.54) is 0 Å². The van der Waals surface area contributed by atoms with E-state index in [1.807, 2.05) is 12.1 Å². The first kappa shape index (κ1) is 11.6. The molecule has 1 aromatic carbocycles. The molecule has 0 aliphatic carbocycles. The standard InChI is InChI=1S/C11H10BrClO/c1-2-3-4-11(14)8-5-6-9(12)10(13)7-8/h1,5-7,11,14H,3-4H2. The second-order valence-electron chi connectivity index (χ2n) is 2.93. The Morgan fingerprint density at radius 2 is 2.29 bits per heavy atom. The van der Waals surface area contributed by atoms with Gasteiger partial charge in [-0.05, 0) is 40.0 Å². The van der Waals surface area contributed by atoms with E-state index in [0.717, 1.165) is 10.0 Å². The summed E-state index contributed by atoms with van der Waals surface area (Å²) in [5, 5.41) is 10.3. The minimum absolute atomic E-state index is 0.531. The number of aliphatic hydroxyl groups is 1. The van der Waals surface area contributed by atoms with Gasteiger partial charge in [0.15, 0.2) is 0 Å². The van der Waals surface area contributed by atoms with Gasteiger partial charge in [-0.1, -0.05) is 17.7 Å². The molecule has 1 N–H and O–H groups in total. The van der Waals surface area contributed by atoms with Crippen LogP contribution in [0, 0.1) is 12.3 Å². The van der Waals surface area contributed by atoms with Gasteiger partial charge >= 0.3 is 0 Å². The molecule has 0 fully saturated rings. The van der Waals surface area contributed by atoms with Crippen LogP contribution in [0.3, 0.4) is 0 Å². The highest BCUT2D eigenvalue weighted by atomic mass is 79.9. The van der Waals surface area contributed by atoms with E-state index in [0.29, 0.717) is 17.9 Å². The molecule has 0 heterocycles. The van der Waals surface area contributed by atoms with Crippen molar-refractivity contribution in [3.63, 3.8) is 0 Å². The monoisotopic (exact) mass is 272 g/mol. The van der Waals surface area contributed by atoms with Crippen LogP contribution < -0.4 is 0 Å². The molecule has 0 amide bonds. The van der Waals surface area contributed by atoms with Crippen molar-refractivity contribution in [3.8, 4) is 12.3 Å². The van der Waals surface area contributed by atoms with Crippen LogP contribution in [0.15, 0.2) is 22.7 Å². The van der Waals surface area contributed by atoms with E-state index in [-0.39, 0.29) is 0 Å². The highest BCUT2D eigenvalue weighted by molar-refractivity contribution is 9.10. The first-order valence-electron chi connectivity index (χ1n) is 4.21. The maximum atomic E-state index is 9.70. The number of aliphatic hydroxyl groups excluding tert-OH is 1. The van der Waals surface area contributed by atoms with Crippen molar-refractivity contribution >= 4 is 27.5 Å². The number of terminal acetylenes is 1. The van der Waals surface area contributed by atoms with E-state index in [4.69, 9.17) is 18.0 Å². The van der Waals surface area contributed by atoms with Gasteiger partial charge in [-0.15, -0.1) is 12.3 Å². The molecule has 1 rings (SSSR count). The fourth-order valence-electron chi connectivity index (χ4n) is 1.11. The summed E-state index contributed by atoms with van der Waals surface area (Å²) in [6.45, 7) is 0. The van der Waals surface area contributed by atoms with Gasteiger partial charge in [0.2, 0.25) is 0 Å². The molecule has 14 heavy (non-hydrogen) atoms. The maximum Gasteiger partial charge on any atom is 0.0799 e. The van der Waals surface area contributed by atoms with Crippen LogP contribution in [-0.4, -0.2) is 5.11 Å². The molecule has 1 atom stereocenters. The van der Waals surface area contributed by atoms with Gasteiger partial charge in [-0.2, -0.15) is 0 Å². The van der Waals surface area contributed by atoms with Crippen LogP contribution in [0.4, 0.5) is 0 Å². The van der Waals surface area contributed by atoms with Crippen LogP contribution >= 0.6 is 27.5 Å². The summed E-state index contributed by atoms with van der Waals surface area (Å²) < 4.78 is 0.826. The van der Waals surface area contributed by atoms with Crippen LogP contribution in [-0.2, 0) is 0 Å².